The molecule has 0 bridgehead atoms. The van der Waals surface area contributed by atoms with E-state index in [4.69, 9.17) is 4.74 Å². The zero-order valence-electron chi connectivity index (χ0n) is 15.9. The number of allylic oxidation sites excluding steroid dienone is 1. The molecule has 0 atom stereocenters. The second-order valence-electron chi connectivity index (χ2n) is 6.44. The van der Waals surface area contributed by atoms with Crippen LogP contribution in [0.5, 0.6) is 5.75 Å². The van der Waals surface area contributed by atoms with Gasteiger partial charge in [0.1, 0.15) is 16.8 Å². The fourth-order valence-corrected chi connectivity index (χ4v) is 4.38. The van der Waals surface area contributed by atoms with Gasteiger partial charge >= 0.3 is 5.97 Å². The molecule has 2 aromatic heterocycles. The van der Waals surface area contributed by atoms with E-state index >= 15 is 0 Å². The zero-order chi connectivity index (χ0) is 21.1. The summed E-state index contributed by atoms with van der Waals surface area (Å²) in [6, 6.07) is 15.5. The van der Waals surface area contributed by atoms with Gasteiger partial charge in [0, 0.05) is 22.4 Å². The van der Waals surface area contributed by atoms with Crippen LogP contribution in [0.3, 0.4) is 0 Å². The fourth-order valence-electron chi connectivity index (χ4n) is 3.15. The van der Waals surface area contributed by atoms with Crippen LogP contribution in [-0.2, 0) is 11.2 Å². The molecule has 2 heterocycles. The van der Waals surface area contributed by atoms with E-state index in [9.17, 15) is 14.7 Å². The Bertz CT molecular complexity index is 1240. The second kappa shape index (κ2) is 8.56. The van der Waals surface area contributed by atoms with Gasteiger partial charge in [-0.05, 0) is 53.4 Å². The summed E-state index contributed by atoms with van der Waals surface area (Å²) in [5.74, 6) is -0.874. The number of Topliss-reactive ketones (excluding diaryl/α,β-unsaturated/α-hetero) is 1. The third kappa shape index (κ3) is 4.00. The second-order valence-corrected chi connectivity index (χ2v) is 8.00. The van der Waals surface area contributed by atoms with Crippen molar-refractivity contribution in [3.05, 3.63) is 81.6 Å². The number of fused-ring (bicyclic) bond motifs is 1. The van der Waals surface area contributed by atoms with Crippen molar-refractivity contribution in [1.29, 1.82) is 0 Å². The minimum Gasteiger partial charge on any atom is -0.497 e. The van der Waals surface area contributed by atoms with Gasteiger partial charge in [-0.3, -0.25) is 4.79 Å². The van der Waals surface area contributed by atoms with Crippen molar-refractivity contribution < 1.29 is 19.4 Å². The molecule has 1 N–H and O–H groups in total. The number of carbonyl (C=O) groups excluding carboxylic acids is 1. The molecule has 0 saturated heterocycles. The molecule has 0 aliphatic rings. The van der Waals surface area contributed by atoms with Gasteiger partial charge in [0.2, 0.25) is 0 Å². The lowest BCUT2D eigenvalue weighted by molar-refractivity contribution is -0.130. The fraction of sp³-hybridized carbons (Fsp3) is 0.0909. The number of thiophene rings is 1. The van der Waals surface area contributed by atoms with Crippen molar-refractivity contribution in [1.82, 2.24) is 8.75 Å². The first-order chi connectivity index (χ1) is 14.6. The summed E-state index contributed by atoms with van der Waals surface area (Å²) in [6.45, 7) is 0. The Balaban J connectivity index is 1.88. The molecular weight excluding hydrogens is 420 g/mol. The number of hydrogen-bond acceptors (Lipinski definition) is 7. The lowest BCUT2D eigenvalue weighted by Gasteiger charge is -2.12. The largest absolute Gasteiger partial charge is 0.497 e. The lowest BCUT2D eigenvalue weighted by Crippen LogP contribution is -2.13. The van der Waals surface area contributed by atoms with Crippen LogP contribution in [-0.4, -0.2) is 32.7 Å². The van der Waals surface area contributed by atoms with Gasteiger partial charge in [-0.15, -0.1) is 11.3 Å². The topological polar surface area (TPSA) is 89.4 Å². The Hall–Kier alpha value is -3.36. The predicted octanol–water partition coefficient (Wildman–Crippen LogP) is 4.73. The number of ketones is 1. The molecule has 0 amide bonds. The van der Waals surface area contributed by atoms with Gasteiger partial charge < -0.3 is 9.84 Å². The molecule has 0 aliphatic heterocycles. The van der Waals surface area contributed by atoms with Gasteiger partial charge in [-0.1, -0.05) is 12.1 Å². The van der Waals surface area contributed by atoms with E-state index in [1.54, 1.807) is 49.6 Å². The van der Waals surface area contributed by atoms with Crippen LogP contribution in [0.1, 0.15) is 20.8 Å². The molecule has 0 radical (unpaired) electrons. The Labute approximate surface area is 180 Å². The highest BCUT2D eigenvalue weighted by Gasteiger charge is 2.24. The summed E-state index contributed by atoms with van der Waals surface area (Å²) in [5.41, 5.74) is 2.31. The maximum atomic E-state index is 13.4. The van der Waals surface area contributed by atoms with Gasteiger partial charge in [-0.2, -0.15) is 8.75 Å². The third-order valence-electron chi connectivity index (χ3n) is 4.62. The number of aromatic nitrogens is 2. The summed E-state index contributed by atoms with van der Waals surface area (Å²) < 4.78 is 13.5. The van der Waals surface area contributed by atoms with E-state index in [2.05, 4.69) is 8.75 Å². The summed E-state index contributed by atoms with van der Waals surface area (Å²) >= 11 is 2.54. The molecular formula is C22H16N2O4S2. The molecule has 2 aromatic carbocycles. The minimum absolute atomic E-state index is 0.0286. The van der Waals surface area contributed by atoms with Crippen LogP contribution in [0.15, 0.2) is 65.6 Å². The SMILES string of the molecule is COc1ccc(C(=O)/C(Cc2cccs2)=C(\C(=O)O)c2ccc3nsnc3c2)cc1. The average Bonchev–Trinajstić information content (AvgIpc) is 3.44. The highest BCUT2D eigenvalue weighted by molar-refractivity contribution is 7.09. The Kier molecular flexibility index (Phi) is 5.69. The van der Waals surface area contributed by atoms with Crippen molar-refractivity contribution in [2.45, 2.75) is 6.42 Å². The minimum atomic E-state index is -1.16. The van der Waals surface area contributed by atoms with Gasteiger partial charge in [0.25, 0.3) is 0 Å². The molecule has 4 aromatic rings. The smallest absolute Gasteiger partial charge is 0.336 e. The van der Waals surface area contributed by atoms with Crippen molar-refractivity contribution in [2.75, 3.05) is 7.11 Å². The van der Waals surface area contributed by atoms with Gasteiger partial charge in [0.15, 0.2) is 5.78 Å². The molecule has 150 valence electrons. The summed E-state index contributed by atoms with van der Waals surface area (Å²) in [6.07, 6.45) is 0.220. The average molecular weight is 437 g/mol. The highest BCUT2D eigenvalue weighted by Crippen LogP contribution is 2.29. The van der Waals surface area contributed by atoms with Crippen LogP contribution < -0.4 is 4.74 Å². The van der Waals surface area contributed by atoms with Crippen molar-refractivity contribution in [3.8, 4) is 5.75 Å². The first-order valence-electron chi connectivity index (χ1n) is 8.97. The molecule has 8 heteroatoms. The summed E-state index contributed by atoms with van der Waals surface area (Å²) in [7, 11) is 1.55. The number of carbonyl (C=O) groups is 2. The number of rotatable bonds is 7. The first-order valence-corrected chi connectivity index (χ1v) is 10.6. The monoisotopic (exact) mass is 436 g/mol. The molecule has 4 rings (SSSR count). The van der Waals surface area contributed by atoms with Crippen molar-refractivity contribution in [3.63, 3.8) is 0 Å². The Morgan fingerprint density at radius 2 is 1.73 bits per heavy atom. The quantitative estimate of drug-likeness (QED) is 0.333. The van der Waals surface area contributed by atoms with Crippen LogP contribution in [0, 0.1) is 0 Å². The molecule has 6 nitrogen and oxygen atoms in total. The number of nitrogens with zero attached hydrogens (tertiary/aromatic N) is 2. The van der Waals surface area contributed by atoms with Gasteiger partial charge in [0.05, 0.1) is 24.4 Å². The number of carboxylic acids is 1. The molecule has 30 heavy (non-hydrogen) atoms. The number of benzene rings is 2. The Morgan fingerprint density at radius 3 is 2.40 bits per heavy atom. The van der Waals surface area contributed by atoms with E-state index in [0.717, 1.165) is 16.6 Å². The van der Waals surface area contributed by atoms with Crippen molar-refractivity contribution in [2.24, 2.45) is 0 Å². The van der Waals surface area contributed by atoms with Crippen LogP contribution in [0.25, 0.3) is 16.6 Å². The number of hydrogen-bond donors (Lipinski definition) is 1. The van der Waals surface area contributed by atoms with E-state index in [1.165, 1.54) is 11.3 Å². The third-order valence-corrected chi connectivity index (χ3v) is 6.05. The molecule has 0 aliphatic carbocycles. The molecule has 0 spiro atoms. The highest BCUT2D eigenvalue weighted by atomic mass is 32.1. The van der Waals surface area contributed by atoms with Crippen molar-refractivity contribution >= 4 is 51.4 Å². The van der Waals surface area contributed by atoms with E-state index in [0.29, 0.717) is 27.9 Å². The summed E-state index contributed by atoms with van der Waals surface area (Å²) in [5, 5.41) is 12.0. The van der Waals surface area contributed by atoms with Crippen LogP contribution in [0.4, 0.5) is 0 Å². The lowest BCUT2D eigenvalue weighted by atomic mass is 9.91. The number of ether oxygens (including phenoxy) is 1. The van der Waals surface area contributed by atoms with E-state index in [1.807, 2.05) is 17.5 Å². The zero-order valence-corrected chi connectivity index (χ0v) is 17.5. The normalized spacial score (nSPS) is 11.9. The maximum absolute atomic E-state index is 13.4. The number of methoxy groups -OCH3 is 1. The molecule has 0 saturated carbocycles. The number of aliphatic carboxylic acids is 1. The molecule has 0 unspecified atom stereocenters. The van der Waals surface area contributed by atoms with E-state index < -0.39 is 5.97 Å². The van der Waals surface area contributed by atoms with Gasteiger partial charge in [-0.25, -0.2) is 4.79 Å². The molecule has 0 fully saturated rings. The summed E-state index contributed by atoms with van der Waals surface area (Å²) in [4.78, 5) is 26.6. The maximum Gasteiger partial charge on any atom is 0.336 e. The van der Waals surface area contributed by atoms with Crippen LogP contribution >= 0.6 is 23.1 Å². The van der Waals surface area contributed by atoms with E-state index in [-0.39, 0.29) is 23.4 Å². The Morgan fingerprint density at radius 1 is 1.00 bits per heavy atom. The first kappa shape index (κ1) is 19.9. The standard InChI is InChI=1S/C22H16N2O4S2/c1-28-15-7-4-13(5-8-15)21(25)17(12-16-3-2-10-29-16)20(22(26)27)14-6-9-18-19(11-14)24-30-23-18/h2-11H,12H2,1H3,(H,26,27)/b20-17-. The number of carboxylic acid groups (broad SMARTS) is 1. The predicted molar refractivity (Wildman–Crippen MR) is 117 cm³/mol. The van der Waals surface area contributed by atoms with Crippen LogP contribution in [0.2, 0.25) is 0 Å².